The molecule has 1 saturated carbocycles. The molecule has 0 bridgehead atoms. The van der Waals surface area contributed by atoms with Crippen LogP contribution in [-0.4, -0.2) is 41.7 Å². The normalized spacial score (nSPS) is 22.9. The molecular formula is C19H33N3O2S. The van der Waals surface area contributed by atoms with Crippen molar-refractivity contribution >= 4 is 9.84 Å². The number of imidazole rings is 1. The minimum atomic E-state index is -3.28. The van der Waals surface area contributed by atoms with Gasteiger partial charge in [-0.15, -0.1) is 0 Å². The van der Waals surface area contributed by atoms with Crippen LogP contribution in [0.15, 0.2) is 11.4 Å². The maximum atomic E-state index is 12.9. The number of piperidine rings is 1. The number of likely N-dealkylation sites (tertiary alicyclic amines) is 1. The molecule has 1 atom stereocenters. The van der Waals surface area contributed by atoms with Crippen molar-refractivity contribution in [1.82, 2.24) is 14.5 Å². The SMILES string of the molecule is CCCCn1c(CN2CCCC(C)C2)cnc1S(=O)(=O)CC1CCC1. The fraction of sp³-hybridized carbons (Fsp3) is 0.842. The lowest BCUT2D eigenvalue weighted by Crippen LogP contribution is -2.34. The molecule has 2 fully saturated rings. The minimum absolute atomic E-state index is 0.274. The quantitative estimate of drug-likeness (QED) is 0.706. The molecule has 1 aliphatic carbocycles. The zero-order valence-corrected chi connectivity index (χ0v) is 16.6. The summed E-state index contributed by atoms with van der Waals surface area (Å²) < 4.78 is 27.8. The third-order valence-corrected chi connectivity index (χ3v) is 7.51. The van der Waals surface area contributed by atoms with Gasteiger partial charge in [0.2, 0.25) is 15.0 Å². The summed E-state index contributed by atoms with van der Waals surface area (Å²) in [6.07, 6.45) is 9.65. The second kappa shape index (κ2) is 8.21. The van der Waals surface area contributed by atoms with E-state index in [1.54, 1.807) is 0 Å². The van der Waals surface area contributed by atoms with Crippen molar-refractivity contribution in [2.24, 2.45) is 11.8 Å². The van der Waals surface area contributed by atoms with Gasteiger partial charge in [0.15, 0.2) is 0 Å². The van der Waals surface area contributed by atoms with E-state index in [0.29, 0.717) is 11.1 Å². The molecule has 3 rings (SSSR count). The van der Waals surface area contributed by atoms with Gasteiger partial charge in [-0.05, 0) is 50.5 Å². The monoisotopic (exact) mass is 367 g/mol. The average molecular weight is 368 g/mol. The van der Waals surface area contributed by atoms with Crippen LogP contribution < -0.4 is 0 Å². The Morgan fingerprint density at radius 2 is 2.04 bits per heavy atom. The number of aromatic nitrogens is 2. The first kappa shape index (κ1) is 18.9. The highest BCUT2D eigenvalue weighted by Crippen LogP contribution is 2.30. The van der Waals surface area contributed by atoms with Crippen molar-refractivity contribution in [1.29, 1.82) is 0 Å². The van der Waals surface area contributed by atoms with Crippen molar-refractivity contribution in [2.75, 3.05) is 18.8 Å². The van der Waals surface area contributed by atoms with Crippen LogP contribution in [0.25, 0.3) is 0 Å². The van der Waals surface area contributed by atoms with Crippen LogP contribution in [-0.2, 0) is 22.9 Å². The first-order chi connectivity index (χ1) is 12.0. The van der Waals surface area contributed by atoms with Gasteiger partial charge < -0.3 is 4.57 Å². The molecule has 0 radical (unpaired) electrons. The first-order valence-electron chi connectivity index (χ1n) is 9.99. The van der Waals surface area contributed by atoms with Gasteiger partial charge >= 0.3 is 0 Å². The summed E-state index contributed by atoms with van der Waals surface area (Å²) in [5.74, 6) is 1.34. The molecule has 0 amide bonds. The molecule has 0 aromatic carbocycles. The molecule has 2 aliphatic rings. The smallest absolute Gasteiger partial charge is 0.227 e. The largest absolute Gasteiger partial charge is 0.318 e. The van der Waals surface area contributed by atoms with E-state index in [0.717, 1.165) is 63.5 Å². The lowest BCUT2D eigenvalue weighted by Gasteiger charge is -2.31. The van der Waals surface area contributed by atoms with Crippen LogP contribution in [0.5, 0.6) is 0 Å². The van der Waals surface area contributed by atoms with Crippen LogP contribution in [0.4, 0.5) is 0 Å². The first-order valence-corrected chi connectivity index (χ1v) is 11.6. The minimum Gasteiger partial charge on any atom is -0.318 e. The Morgan fingerprint density at radius 3 is 2.68 bits per heavy atom. The summed E-state index contributed by atoms with van der Waals surface area (Å²) in [5.41, 5.74) is 1.06. The van der Waals surface area contributed by atoms with Gasteiger partial charge in [0.25, 0.3) is 0 Å². The average Bonchev–Trinajstić information content (AvgIpc) is 2.93. The van der Waals surface area contributed by atoms with E-state index in [-0.39, 0.29) is 5.75 Å². The van der Waals surface area contributed by atoms with Gasteiger partial charge in [-0.1, -0.05) is 26.7 Å². The molecule has 5 nitrogen and oxygen atoms in total. The van der Waals surface area contributed by atoms with Crippen LogP contribution in [0.1, 0.15) is 64.5 Å². The summed E-state index contributed by atoms with van der Waals surface area (Å²) in [6.45, 7) is 8.23. The number of hydrogen-bond acceptors (Lipinski definition) is 4. The van der Waals surface area contributed by atoms with Crippen molar-refractivity contribution < 1.29 is 8.42 Å². The molecule has 1 unspecified atom stereocenters. The van der Waals surface area contributed by atoms with Crippen LogP contribution >= 0.6 is 0 Å². The standard InChI is InChI=1S/C19H33N3O2S/c1-3-4-11-22-18(14-21-10-6-7-16(2)13-21)12-20-19(22)25(23,24)15-17-8-5-9-17/h12,16-17H,3-11,13-15H2,1-2H3. The van der Waals surface area contributed by atoms with Crippen LogP contribution in [0.3, 0.4) is 0 Å². The van der Waals surface area contributed by atoms with Crippen LogP contribution in [0.2, 0.25) is 0 Å². The topological polar surface area (TPSA) is 55.2 Å². The van der Waals surface area contributed by atoms with Gasteiger partial charge in [0.05, 0.1) is 17.6 Å². The van der Waals surface area contributed by atoms with Crippen LogP contribution in [0, 0.1) is 11.8 Å². The summed E-state index contributed by atoms with van der Waals surface area (Å²) in [6, 6.07) is 0. The Hall–Kier alpha value is -0.880. The van der Waals surface area contributed by atoms with Gasteiger partial charge in [-0.25, -0.2) is 13.4 Å². The lowest BCUT2D eigenvalue weighted by molar-refractivity contribution is 0.172. The maximum absolute atomic E-state index is 12.9. The molecule has 1 aromatic heterocycles. The molecule has 6 heteroatoms. The third kappa shape index (κ3) is 4.64. The Bertz CT molecular complexity index is 664. The highest BCUT2D eigenvalue weighted by molar-refractivity contribution is 7.91. The van der Waals surface area contributed by atoms with E-state index in [2.05, 4.69) is 23.7 Å². The van der Waals surface area contributed by atoms with E-state index >= 15 is 0 Å². The fourth-order valence-corrected chi connectivity index (χ4v) is 5.89. The zero-order chi connectivity index (χ0) is 17.9. The zero-order valence-electron chi connectivity index (χ0n) is 15.8. The predicted molar refractivity (Wildman–Crippen MR) is 100 cm³/mol. The molecule has 2 heterocycles. The number of sulfone groups is 1. The number of nitrogens with zero attached hydrogens (tertiary/aromatic N) is 3. The Balaban J connectivity index is 1.79. The Kier molecular flexibility index (Phi) is 6.21. The third-order valence-electron chi connectivity index (χ3n) is 5.72. The highest BCUT2D eigenvalue weighted by atomic mass is 32.2. The van der Waals surface area contributed by atoms with E-state index in [4.69, 9.17) is 0 Å². The summed E-state index contributed by atoms with van der Waals surface area (Å²) in [7, 11) is -3.28. The van der Waals surface area contributed by atoms with Crippen molar-refractivity contribution in [3.8, 4) is 0 Å². The molecule has 0 N–H and O–H groups in total. The van der Waals surface area contributed by atoms with Crippen molar-refractivity contribution in [2.45, 2.75) is 77.0 Å². The fourth-order valence-electron chi connectivity index (χ4n) is 4.03. The summed E-state index contributed by atoms with van der Waals surface area (Å²) in [4.78, 5) is 6.84. The second-order valence-corrected chi connectivity index (χ2v) is 10.0. The Morgan fingerprint density at radius 1 is 1.24 bits per heavy atom. The van der Waals surface area contributed by atoms with Crippen molar-refractivity contribution in [3.05, 3.63) is 11.9 Å². The van der Waals surface area contributed by atoms with Gasteiger partial charge in [0.1, 0.15) is 0 Å². The van der Waals surface area contributed by atoms with E-state index in [1.807, 2.05) is 10.8 Å². The second-order valence-electron chi connectivity index (χ2n) is 8.10. The van der Waals surface area contributed by atoms with E-state index < -0.39 is 9.84 Å². The highest BCUT2D eigenvalue weighted by Gasteiger charge is 2.30. The maximum Gasteiger partial charge on any atom is 0.227 e. The molecule has 1 aromatic rings. The Labute approximate surface area is 152 Å². The number of unbranched alkanes of at least 4 members (excludes halogenated alkanes) is 1. The predicted octanol–water partition coefficient (Wildman–Crippen LogP) is 3.49. The molecule has 142 valence electrons. The number of hydrogen-bond donors (Lipinski definition) is 0. The summed E-state index contributed by atoms with van der Waals surface area (Å²) >= 11 is 0. The van der Waals surface area contributed by atoms with E-state index in [1.165, 1.54) is 19.3 Å². The lowest BCUT2D eigenvalue weighted by atomic mass is 9.87. The molecule has 25 heavy (non-hydrogen) atoms. The molecule has 0 spiro atoms. The van der Waals surface area contributed by atoms with Crippen molar-refractivity contribution in [3.63, 3.8) is 0 Å². The summed E-state index contributed by atoms with van der Waals surface area (Å²) in [5, 5.41) is 0.313. The van der Waals surface area contributed by atoms with Gasteiger partial charge in [-0.3, -0.25) is 4.90 Å². The van der Waals surface area contributed by atoms with E-state index in [9.17, 15) is 8.42 Å². The molecule has 1 saturated heterocycles. The van der Waals surface area contributed by atoms with Gasteiger partial charge in [-0.2, -0.15) is 0 Å². The number of rotatable bonds is 8. The van der Waals surface area contributed by atoms with Gasteiger partial charge in [0, 0.05) is 19.6 Å². The molecule has 1 aliphatic heterocycles. The molecular weight excluding hydrogens is 334 g/mol.